The molecule has 0 N–H and O–H groups in total. The Labute approximate surface area is 138 Å². The Morgan fingerprint density at radius 1 is 1.50 bits per heavy atom. The number of ether oxygens (including phenoxy) is 2. The van der Waals surface area contributed by atoms with Crippen LogP contribution in [0, 0.1) is 0 Å². The maximum Gasteiger partial charge on any atom is 0.345 e. The van der Waals surface area contributed by atoms with Crippen LogP contribution in [0.25, 0.3) is 0 Å². The van der Waals surface area contributed by atoms with Gasteiger partial charge in [0.1, 0.15) is 21.2 Å². The van der Waals surface area contributed by atoms with Gasteiger partial charge >= 0.3 is 5.97 Å². The number of Topliss-reactive ketones (excluding diaryl/α,β-unsaturated/α-hetero) is 1. The first-order chi connectivity index (χ1) is 8.23. The molecule has 18 heavy (non-hydrogen) atoms. The summed E-state index contributed by atoms with van der Waals surface area (Å²) in [6.07, 6.45) is -0.476. The molecule has 102 valence electrons. The van der Waals surface area contributed by atoms with Crippen molar-refractivity contribution in [3.05, 3.63) is 11.3 Å². The van der Waals surface area contributed by atoms with E-state index in [2.05, 4.69) is 63.7 Å². The van der Waals surface area contributed by atoms with E-state index in [0.29, 0.717) is 0 Å². The molecule has 1 aliphatic rings. The molecule has 0 aromatic rings. The van der Waals surface area contributed by atoms with Gasteiger partial charge in [-0.15, -0.1) is 0 Å². The summed E-state index contributed by atoms with van der Waals surface area (Å²) >= 11 is 12.9. The van der Waals surface area contributed by atoms with Gasteiger partial charge in [0.15, 0.2) is 3.23 Å². The normalized spacial score (nSPS) is 23.1. The van der Waals surface area contributed by atoms with E-state index in [0.717, 1.165) is 0 Å². The predicted molar refractivity (Wildman–Crippen MR) is 81.4 cm³/mol. The Hall–Kier alpha value is 0.600. The third-order valence-corrected chi connectivity index (χ3v) is 5.11. The summed E-state index contributed by atoms with van der Waals surface area (Å²) in [5.41, 5.74) is -0.109. The molecular weight excluding hydrogens is 504 g/mol. The van der Waals surface area contributed by atoms with E-state index < -0.39 is 24.8 Å². The third-order valence-electron chi connectivity index (χ3n) is 2.27. The summed E-state index contributed by atoms with van der Waals surface area (Å²) in [7, 11) is 0. The van der Waals surface area contributed by atoms with Crippen molar-refractivity contribution in [2.45, 2.75) is 26.9 Å². The van der Waals surface area contributed by atoms with E-state index in [-0.39, 0.29) is 17.9 Å². The fourth-order valence-corrected chi connectivity index (χ4v) is 2.60. The zero-order chi connectivity index (χ0) is 14.1. The number of rotatable bonds is 3. The molecule has 0 spiro atoms. The molecule has 0 saturated carbocycles. The lowest BCUT2D eigenvalue weighted by atomic mass is 10.0. The number of ketones is 1. The SMILES string of the molecule is CCOC(=O)C1=C(C(Br)Br)OC(C)C(Br)(Br)C1=O. The second-order valence-electron chi connectivity index (χ2n) is 3.47. The number of halogens is 4. The number of carbonyl (C=O) groups is 2. The Bertz CT molecular complexity index is 403. The van der Waals surface area contributed by atoms with E-state index in [4.69, 9.17) is 9.47 Å². The predicted octanol–water partition coefficient (Wildman–Crippen LogP) is 3.39. The standard InChI is InChI=1S/C10H10Br4O4/c1-3-17-9(16)5-6(8(11)12)18-4(2)10(13,14)7(5)15/h4,8H,3H2,1-2H3. The molecule has 0 fully saturated rings. The molecule has 0 aliphatic carbocycles. The van der Waals surface area contributed by atoms with Crippen LogP contribution >= 0.6 is 63.7 Å². The number of hydrogen-bond acceptors (Lipinski definition) is 4. The number of alkyl halides is 4. The molecule has 1 aliphatic heterocycles. The summed E-state index contributed by atoms with van der Waals surface area (Å²) in [6.45, 7) is 3.57. The molecule has 1 unspecified atom stereocenters. The monoisotopic (exact) mass is 510 g/mol. The minimum atomic E-state index is -1.12. The zero-order valence-corrected chi connectivity index (χ0v) is 15.9. The number of esters is 1. The van der Waals surface area contributed by atoms with Crippen LogP contribution in [-0.2, 0) is 19.1 Å². The molecule has 0 aromatic heterocycles. The summed E-state index contributed by atoms with van der Waals surface area (Å²) in [5.74, 6) is -0.893. The van der Waals surface area contributed by atoms with Gasteiger partial charge in [-0.25, -0.2) is 4.79 Å². The number of hydrogen-bond donors (Lipinski definition) is 0. The highest BCUT2D eigenvalue weighted by Crippen LogP contribution is 2.43. The topological polar surface area (TPSA) is 52.6 Å². The molecule has 0 bridgehead atoms. The van der Waals surface area contributed by atoms with Crippen LogP contribution < -0.4 is 0 Å². The molecule has 0 radical (unpaired) electrons. The van der Waals surface area contributed by atoms with Crippen LogP contribution in [0.3, 0.4) is 0 Å². The maximum atomic E-state index is 12.3. The highest BCUT2D eigenvalue weighted by Gasteiger charge is 2.50. The lowest BCUT2D eigenvalue weighted by molar-refractivity contribution is -0.141. The van der Waals surface area contributed by atoms with Crippen molar-refractivity contribution in [1.82, 2.24) is 0 Å². The quantitative estimate of drug-likeness (QED) is 0.330. The largest absolute Gasteiger partial charge is 0.489 e. The highest BCUT2D eigenvalue weighted by atomic mass is 79.9. The Balaban J connectivity index is 3.29. The van der Waals surface area contributed by atoms with Gasteiger partial charge in [0.2, 0.25) is 5.78 Å². The summed E-state index contributed by atoms with van der Waals surface area (Å²) < 4.78 is 8.90. The molecule has 8 heteroatoms. The van der Waals surface area contributed by atoms with Gasteiger partial charge < -0.3 is 9.47 Å². The minimum Gasteiger partial charge on any atom is -0.489 e. The van der Waals surface area contributed by atoms with Gasteiger partial charge in [-0.05, 0) is 13.8 Å². The van der Waals surface area contributed by atoms with Crippen LogP contribution in [0.2, 0.25) is 0 Å². The summed E-state index contributed by atoms with van der Waals surface area (Å²) in [6, 6.07) is 0. The first kappa shape index (κ1) is 16.7. The van der Waals surface area contributed by atoms with Crippen LogP contribution in [0.1, 0.15) is 13.8 Å². The molecule has 1 rings (SSSR count). The lowest BCUT2D eigenvalue weighted by Gasteiger charge is -2.34. The summed E-state index contributed by atoms with van der Waals surface area (Å²) in [5, 5.41) is 0. The minimum absolute atomic E-state index is 0.109. The van der Waals surface area contributed by atoms with Gasteiger partial charge in [-0.2, -0.15) is 0 Å². The van der Waals surface area contributed by atoms with Crippen molar-refractivity contribution >= 4 is 75.5 Å². The molecule has 1 heterocycles. The first-order valence-electron chi connectivity index (χ1n) is 5.02. The molecule has 0 saturated heterocycles. The average Bonchev–Trinajstić information content (AvgIpc) is 2.26. The van der Waals surface area contributed by atoms with E-state index in [9.17, 15) is 9.59 Å². The van der Waals surface area contributed by atoms with Crippen molar-refractivity contribution in [2.24, 2.45) is 0 Å². The van der Waals surface area contributed by atoms with Gasteiger partial charge in [0.05, 0.1) is 6.61 Å². The van der Waals surface area contributed by atoms with Crippen LogP contribution in [-0.4, -0.2) is 31.4 Å². The van der Waals surface area contributed by atoms with E-state index in [1.807, 2.05) is 0 Å². The van der Waals surface area contributed by atoms with Crippen LogP contribution in [0.4, 0.5) is 0 Å². The van der Waals surface area contributed by atoms with Crippen molar-refractivity contribution < 1.29 is 19.1 Å². The first-order valence-corrected chi connectivity index (χ1v) is 8.43. The van der Waals surface area contributed by atoms with E-state index >= 15 is 0 Å². The second-order valence-corrected chi connectivity index (χ2v) is 10.1. The molecule has 1 atom stereocenters. The Morgan fingerprint density at radius 2 is 2.06 bits per heavy atom. The average molecular weight is 514 g/mol. The van der Waals surface area contributed by atoms with Crippen LogP contribution in [0.15, 0.2) is 11.3 Å². The summed E-state index contributed by atoms with van der Waals surface area (Å²) in [4.78, 5) is 24.2. The van der Waals surface area contributed by atoms with Gasteiger partial charge in [-0.3, -0.25) is 4.79 Å². The molecule has 0 aromatic carbocycles. The van der Waals surface area contributed by atoms with Gasteiger partial charge in [-0.1, -0.05) is 63.7 Å². The van der Waals surface area contributed by atoms with Gasteiger partial charge in [0.25, 0.3) is 0 Å². The smallest absolute Gasteiger partial charge is 0.345 e. The van der Waals surface area contributed by atoms with Crippen LogP contribution in [0.5, 0.6) is 0 Å². The highest BCUT2D eigenvalue weighted by molar-refractivity contribution is 9.26. The maximum absolute atomic E-state index is 12.3. The van der Waals surface area contributed by atoms with Crippen molar-refractivity contribution in [3.8, 4) is 0 Å². The van der Waals surface area contributed by atoms with Gasteiger partial charge in [0, 0.05) is 0 Å². The third kappa shape index (κ3) is 3.19. The van der Waals surface area contributed by atoms with Crippen molar-refractivity contribution in [3.63, 3.8) is 0 Å². The fraction of sp³-hybridized carbons (Fsp3) is 0.600. The number of carbonyl (C=O) groups excluding carboxylic acids is 2. The Kier molecular flexibility index (Phi) is 5.89. The van der Waals surface area contributed by atoms with Crippen molar-refractivity contribution in [2.75, 3.05) is 6.61 Å². The second kappa shape index (κ2) is 6.37. The molecule has 4 nitrogen and oxygen atoms in total. The lowest BCUT2D eigenvalue weighted by Crippen LogP contribution is -2.46. The number of allylic oxidation sites excluding steroid dienone is 1. The Morgan fingerprint density at radius 3 is 2.50 bits per heavy atom. The van der Waals surface area contributed by atoms with E-state index in [1.165, 1.54) is 0 Å². The molecular formula is C10H10Br4O4. The van der Waals surface area contributed by atoms with Crippen molar-refractivity contribution in [1.29, 1.82) is 0 Å². The zero-order valence-electron chi connectivity index (χ0n) is 9.51. The molecule has 0 amide bonds. The van der Waals surface area contributed by atoms with E-state index in [1.54, 1.807) is 13.8 Å². The fourth-order valence-electron chi connectivity index (χ4n) is 1.34.